The van der Waals surface area contributed by atoms with Crippen molar-refractivity contribution in [2.24, 2.45) is 0 Å². The minimum Gasteiger partial charge on any atom is -0.433 e. The highest BCUT2D eigenvalue weighted by atomic mass is 16.5. The van der Waals surface area contributed by atoms with Crippen molar-refractivity contribution in [2.45, 2.75) is 13.3 Å². The Morgan fingerprint density at radius 1 is 1.60 bits per heavy atom. The quantitative estimate of drug-likeness (QED) is 0.435. The summed E-state index contributed by atoms with van der Waals surface area (Å²) in [5.41, 5.74) is 0. The summed E-state index contributed by atoms with van der Waals surface area (Å²) in [6.45, 7) is 1.76. The Morgan fingerprint density at radius 2 is 2.20 bits per heavy atom. The number of esters is 1. The molecule has 0 rings (SSSR count). The van der Waals surface area contributed by atoms with Crippen molar-refractivity contribution in [3.63, 3.8) is 0 Å². The summed E-state index contributed by atoms with van der Waals surface area (Å²) in [4.78, 5) is 12.3. The number of hydrogen-bond acceptors (Lipinski definition) is 3. The fourth-order valence-corrected chi connectivity index (χ4v) is 0.311. The van der Waals surface area contributed by atoms with Crippen molar-refractivity contribution in [2.75, 3.05) is 14.1 Å². The Bertz CT molecular complexity index is 130. The highest BCUT2D eigenvalue weighted by Crippen LogP contribution is 1.85. The molecule has 0 saturated heterocycles. The van der Waals surface area contributed by atoms with E-state index in [1.165, 1.54) is 6.26 Å². The topological polar surface area (TPSA) is 29.5 Å². The third-order valence-corrected chi connectivity index (χ3v) is 0.847. The average molecular weight is 143 g/mol. The van der Waals surface area contributed by atoms with Gasteiger partial charge in [-0.25, -0.2) is 0 Å². The molecular weight excluding hydrogens is 130 g/mol. The molecule has 0 aliphatic heterocycles. The van der Waals surface area contributed by atoms with Crippen LogP contribution in [0.25, 0.3) is 0 Å². The third kappa shape index (κ3) is 5.15. The number of carbonyl (C=O) groups is 1. The predicted octanol–water partition coefficient (Wildman–Crippen LogP) is 0.972. The Hall–Kier alpha value is -0.990. The first-order chi connectivity index (χ1) is 4.66. The number of nitrogens with zero attached hydrogens (tertiary/aromatic N) is 1. The lowest BCUT2D eigenvalue weighted by Gasteiger charge is -2.02. The molecule has 0 saturated carbocycles. The molecule has 0 aliphatic rings. The van der Waals surface area contributed by atoms with Gasteiger partial charge in [0.25, 0.3) is 0 Å². The average Bonchev–Trinajstić information content (AvgIpc) is 1.87. The van der Waals surface area contributed by atoms with E-state index < -0.39 is 0 Å². The zero-order valence-electron chi connectivity index (χ0n) is 6.63. The molecule has 10 heavy (non-hydrogen) atoms. The van der Waals surface area contributed by atoms with Crippen LogP contribution in [0, 0.1) is 0 Å². The van der Waals surface area contributed by atoms with Crippen molar-refractivity contribution in [1.29, 1.82) is 0 Å². The number of carbonyl (C=O) groups excluding carboxylic acids is 1. The van der Waals surface area contributed by atoms with Gasteiger partial charge in [-0.2, -0.15) is 0 Å². The van der Waals surface area contributed by atoms with E-state index in [1.807, 2.05) is 14.1 Å². The third-order valence-electron chi connectivity index (χ3n) is 0.847. The maximum Gasteiger partial charge on any atom is 0.310 e. The van der Waals surface area contributed by atoms with Gasteiger partial charge >= 0.3 is 5.97 Å². The summed E-state index contributed by atoms with van der Waals surface area (Å²) in [5, 5.41) is 0. The molecule has 0 unspecified atom stereocenters. The van der Waals surface area contributed by atoms with Crippen LogP contribution in [0.4, 0.5) is 0 Å². The molecule has 3 heteroatoms. The number of rotatable bonds is 3. The first-order valence-electron chi connectivity index (χ1n) is 3.19. The van der Waals surface area contributed by atoms with Gasteiger partial charge in [0.2, 0.25) is 0 Å². The standard InChI is InChI=1S/C7H13NO2/c1-4-7(9)10-6-5-8(2)3/h5-6H,4H2,1-3H3/b6-5+. The summed E-state index contributed by atoms with van der Waals surface area (Å²) in [6.07, 6.45) is 3.47. The molecule has 0 N–H and O–H groups in total. The second kappa shape index (κ2) is 4.85. The first kappa shape index (κ1) is 9.01. The van der Waals surface area contributed by atoms with Crippen LogP contribution in [0.1, 0.15) is 13.3 Å². The van der Waals surface area contributed by atoms with E-state index in [0.29, 0.717) is 6.42 Å². The van der Waals surface area contributed by atoms with Crippen molar-refractivity contribution in [3.8, 4) is 0 Å². The van der Waals surface area contributed by atoms with Gasteiger partial charge in [0, 0.05) is 26.7 Å². The molecule has 58 valence electrons. The van der Waals surface area contributed by atoms with Crippen LogP contribution in [0.2, 0.25) is 0 Å². The van der Waals surface area contributed by atoms with Gasteiger partial charge in [-0.1, -0.05) is 6.92 Å². The Labute approximate surface area is 61.3 Å². The van der Waals surface area contributed by atoms with Crippen molar-refractivity contribution in [3.05, 3.63) is 12.5 Å². The Balaban J connectivity index is 3.43. The smallest absolute Gasteiger partial charge is 0.310 e. The molecule has 0 bridgehead atoms. The zero-order chi connectivity index (χ0) is 7.98. The summed E-state index contributed by atoms with van der Waals surface area (Å²) in [6, 6.07) is 0. The molecule has 0 heterocycles. The maximum absolute atomic E-state index is 10.5. The van der Waals surface area contributed by atoms with Crippen LogP contribution < -0.4 is 0 Å². The van der Waals surface area contributed by atoms with E-state index in [0.717, 1.165) is 0 Å². The SMILES string of the molecule is CCC(=O)O/C=C/N(C)C. The molecule has 3 nitrogen and oxygen atoms in total. The molecule has 0 aromatic heterocycles. The normalized spacial score (nSPS) is 9.90. The van der Waals surface area contributed by atoms with Gasteiger partial charge in [0.15, 0.2) is 0 Å². The summed E-state index contributed by atoms with van der Waals surface area (Å²) < 4.78 is 4.64. The molecule has 0 fully saturated rings. The molecular formula is C7H13NO2. The fourth-order valence-electron chi connectivity index (χ4n) is 0.311. The second-order valence-electron chi connectivity index (χ2n) is 2.09. The lowest BCUT2D eigenvalue weighted by atomic mass is 10.5. The largest absolute Gasteiger partial charge is 0.433 e. The lowest BCUT2D eigenvalue weighted by molar-refractivity contribution is -0.137. The van der Waals surface area contributed by atoms with Crippen LogP contribution in [0.15, 0.2) is 12.5 Å². The number of ether oxygens (including phenoxy) is 1. The molecule has 0 atom stereocenters. The predicted molar refractivity (Wildman–Crippen MR) is 39.2 cm³/mol. The van der Waals surface area contributed by atoms with Crippen molar-refractivity contribution >= 4 is 5.97 Å². The molecule has 0 radical (unpaired) electrons. The van der Waals surface area contributed by atoms with E-state index in [4.69, 9.17) is 0 Å². The molecule has 0 aromatic rings. The van der Waals surface area contributed by atoms with Gasteiger partial charge < -0.3 is 9.64 Å². The minimum absolute atomic E-state index is 0.210. The molecule has 0 aromatic carbocycles. The van der Waals surface area contributed by atoms with Crippen molar-refractivity contribution < 1.29 is 9.53 Å². The molecule has 0 aliphatic carbocycles. The highest BCUT2D eigenvalue weighted by Gasteiger charge is 1.91. The number of hydrogen-bond donors (Lipinski definition) is 0. The summed E-state index contributed by atoms with van der Waals surface area (Å²) >= 11 is 0. The van der Waals surface area contributed by atoms with Gasteiger partial charge in [-0.05, 0) is 0 Å². The first-order valence-corrected chi connectivity index (χ1v) is 3.19. The van der Waals surface area contributed by atoms with E-state index in [1.54, 1.807) is 18.0 Å². The Kier molecular flexibility index (Phi) is 4.37. The van der Waals surface area contributed by atoms with E-state index in [-0.39, 0.29) is 5.97 Å². The summed E-state index contributed by atoms with van der Waals surface area (Å²) in [7, 11) is 3.71. The van der Waals surface area contributed by atoms with Gasteiger partial charge in [0.05, 0.1) is 0 Å². The molecule has 0 spiro atoms. The van der Waals surface area contributed by atoms with Crippen LogP contribution in [-0.4, -0.2) is 25.0 Å². The zero-order valence-corrected chi connectivity index (χ0v) is 6.63. The van der Waals surface area contributed by atoms with Crippen LogP contribution in [-0.2, 0) is 9.53 Å². The lowest BCUT2D eigenvalue weighted by Crippen LogP contribution is -2.02. The van der Waals surface area contributed by atoms with E-state index in [9.17, 15) is 4.79 Å². The minimum atomic E-state index is -0.210. The van der Waals surface area contributed by atoms with Crippen LogP contribution in [0.3, 0.4) is 0 Å². The molecule has 0 amide bonds. The fraction of sp³-hybridized carbons (Fsp3) is 0.571. The monoisotopic (exact) mass is 143 g/mol. The maximum atomic E-state index is 10.5. The van der Waals surface area contributed by atoms with Gasteiger partial charge in [-0.3, -0.25) is 4.79 Å². The van der Waals surface area contributed by atoms with E-state index in [2.05, 4.69) is 4.74 Å². The van der Waals surface area contributed by atoms with Gasteiger partial charge in [0.1, 0.15) is 6.26 Å². The van der Waals surface area contributed by atoms with Crippen molar-refractivity contribution in [1.82, 2.24) is 4.90 Å². The van der Waals surface area contributed by atoms with Crippen LogP contribution >= 0.6 is 0 Å². The summed E-state index contributed by atoms with van der Waals surface area (Å²) in [5.74, 6) is -0.210. The van der Waals surface area contributed by atoms with Crippen LogP contribution in [0.5, 0.6) is 0 Å². The Morgan fingerprint density at radius 3 is 2.60 bits per heavy atom. The highest BCUT2D eigenvalue weighted by molar-refractivity contribution is 5.69. The second-order valence-corrected chi connectivity index (χ2v) is 2.09. The van der Waals surface area contributed by atoms with E-state index >= 15 is 0 Å². The van der Waals surface area contributed by atoms with Gasteiger partial charge in [-0.15, -0.1) is 0 Å².